The van der Waals surface area contributed by atoms with Gasteiger partial charge in [-0.3, -0.25) is 10.4 Å². The van der Waals surface area contributed by atoms with Gasteiger partial charge in [-0.25, -0.2) is 5.84 Å². The zero-order chi connectivity index (χ0) is 12.8. The van der Waals surface area contributed by atoms with Crippen molar-refractivity contribution in [2.24, 2.45) is 16.8 Å². The molecule has 0 spiro atoms. The molecule has 0 heterocycles. The van der Waals surface area contributed by atoms with Gasteiger partial charge in [0, 0.05) is 6.54 Å². The van der Waals surface area contributed by atoms with Gasteiger partial charge in [0.15, 0.2) is 0 Å². The average molecular weight is 255 g/mol. The molecule has 0 radical (unpaired) electrons. The van der Waals surface area contributed by atoms with E-state index in [1.807, 2.05) is 25.1 Å². The number of anilines is 1. The number of hydrazine groups is 1. The molecule has 0 aliphatic heterocycles. The predicted octanol–water partition coefficient (Wildman–Crippen LogP) is 2.54. The molecule has 0 aliphatic carbocycles. The molecule has 0 aliphatic rings. The summed E-state index contributed by atoms with van der Waals surface area (Å²) in [5.41, 5.74) is 4.43. The van der Waals surface area contributed by atoms with Crippen LogP contribution in [-0.4, -0.2) is 12.5 Å². The van der Waals surface area contributed by atoms with Gasteiger partial charge in [0.25, 0.3) is 0 Å². The van der Waals surface area contributed by atoms with E-state index in [-0.39, 0.29) is 0 Å². The molecule has 4 nitrogen and oxygen atoms in total. The smallest absolute Gasteiger partial charge is 0.210 e. The Bertz CT molecular complexity index is 401. The number of nitrogens with two attached hydrogens (primary N) is 1. The van der Waals surface area contributed by atoms with E-state index in [0.29, 0.717) is 23.4 Å². The maximum Gasteiger partial charge on any atom is 0.210 e. The van der Waals surface area contributed by atoms with Crippen LogP contribution >= 0.6 is 11.6 Å². The Morgan fingerprint density at radius 3 is 2.71 bits per heavy atom. The van der Waals surface area contributed by atoms with Gasteiger partial charge in [0.1, 0.15) is 0 Å². The predicted molar refractivity (Wildman–Crippen MR) is 74.3 cm³/mol. The molecule has 0 aromatic heterocycles. The second-order valence-corrected chi connectivity index (χ2v) is 4.74. The van der Waals surface area contributed by atoms with Crippen LogP contribution in [0, 0.1) is 12.8 Å². The fourth-order valence-corrected chi connectivity index (χ4v) is 1.53. The highest BCUT2D eigenvalue weighted by molar-refractivity contribution is 6.33. The number of hydrogen-bond donors (Lipinski definition) is 3. The maximum atomic E-state index is 6.11. The second kappa shape index (κ2) is 6.47. The van der Waals surface area contributed by atoms with Gasteiger partial charge in [-0.2, -0.15) is 0 Å². The maximum absolute atomic E-state index is 6.11. The van der Waals surface area contributed by atoms with Crippen LogP contribution in [-0.2, 0) is 0 Å². The summed E-state index contributed by atoms with van der Waals surface area (Å²) in [4.78, 5) is 4.31. The topological polar surface area (TPSA) is 62.4 Å². The summed E-state index contributed by atoms with van der Waals surface area (Å²) in [7, 11) is 0. The highest BCUT2D eigenvalue weighted by atomic mass is 35.5. The SMILES string of the molecule is Cc1ccc(NC(=NCC(C)C)NN)c(Cl)c1. The van der Waals surface area contributed by atoms with E-state index in [9.17, 15) is 0 Å². The highest BCUT2D eigenvalue weighted by Crippen LogP contribution is 2.22. The lowest BCUT2D eigenvalue weighted by Crippen LogP contribution is -2.36. The molecule has 0 bridgehead atoms. The van der Waals surface area contributed by atoms with Crippen molar-refractivity contribution in [2.45, 2.75) is 20.8 Å². The van der Waals surface area contributed by atoms with Gasteiger partial charge >= 0.3 is 0 Å². The zero-order valence-corrected chi connectivity index (χ0v) is 11.2. The summed E-state index contributed by atoms with van der Waals surface area (Å²) < 4.78 is 0. The third kappa shape index (κ3) is 4.63. The molecular weight excluding hydrogens is 236 g/mol. The van der Waals surface area contributed by atoms with E-state index in [0.717, 1.165) is 11.3 Å². The minimum atomic E-state index is 0.480. The number of rotatable bonds is 3. The molecule has 94 valence electrons. The molecule has 0 unspecified atom stereocenters. The number of halogens is 1. The van der Waals surface area contributed by atoms with Crippen molar-refractivity contribution in [3.05, 3.63) is 28.8 Å². The summed E-state index contributed by atoms with van der Waals surface area (Å²) >= 11 is 6.11. The van der Waals surface area contributed by atoms with Gasteiger partial charge in [0.2, 0.25) is 5.96 Å². The zero-order valence-electron chi connectivity index (χ0n) is 10.4. The number of aliphatic imine (C=N–C) groups is 1. The fraction of sp³-hybridized carbons (Fsp3) is 0.417. The van der Waals surface area contributed by atoms with Crippen LogP contribution < -0.4 is 16.6 Å². The van der Waals surface area contributed by atoms with Crippen LogP contribution in [0.3, 0.4) is 0 Å². The Morgan fingerprint density at radius 1 is 1.47 bits per heavy atom. The van der Waals surface area contributed by atoms with Gasteiger partial charge in [-0.15, -0.1) is 0 Å². The molecule has 1 aromatic rings. The minimum absolute atomic E-state index is 0.480. The first-order chi connectivity index (χ1) is 8.02. The summed E-state index contributed by atoms with van der Waals surface area (Å²) in [6.45, 7) is 6.88. The number of nitrogens with one attached hydrogen (secondary N) is 2. The fourth-order valence-electron chi connectivity index (χ4n) is 1.24. The molecule has 0 amide bonds. The van der Waals surface area contributed by atoms with E-state index < -0.39 is 0 Å². The Kier molecular flexibility index (Phi) is 5.25. The number of nitrogens with zero attached hydrogens (tertiary/aromatic N) is 1. The molecule has 1 rings (SSSR count). The second-order valence-electron chi connectivity index (χ2n) is 4.34. The number of hydrogen-bond acceptors (Lipinski definition) is 2. The van der Waals surface area contributed by atoms with Crippen molar-refractivity contribution >= 4 is 23.2 Å². The number of guanidine groups is 1. The molecule has 17 heavy (non-hydrogen) atoms. The lowest BCUT2D eigenvalue weighted by atomic mass is 10.2. The lowest BCUT2D eigenvalue weighted by Gasteiger charge is -2.11. The number of benzene rings is 1. The van der Waals surface area contributed by atoms with Crippen LogP contribution in [0.2, 0.25) is 5.02 Å². The first kappa shape index (κ1) is 13.8. The first-order valence-electron chi connectivity index (χ1n) is 5.57. The Morgan fingerprint density at radius 2 is 2.18 bits per heavy atom. The molecule has 1 aromatic carbocycles. The summed E-state index contributed by atoms with van der Waals surface area (Å²) in [6, 6.07) is 5.77. The number of aryl methyl sites for hydroxylation is 1. The largest absolute Gasteiger partial charge is 0.324 e. The van der Waals surface area contributed by atoms with Crippen molar-refractivity contribution in [2.75, 3.05) is 11.9 Å². The Balaban J connectivity index is 2.77. The van der Waals surface area contributed by atoms with E-state index in [1.54, 1.807) is 0 Å². The van der Waals surface area contributed by atoms with E-state index in [2.05, 4.69) is 29.6 Å². The summed E-state index contributed by atoms with van der Waals surface area (Å²) in [5.74, 6) is 6.40. The van der Waals surface area contributed by atoms with Crippen LogP contribution in [0.4, 0.5) is 5.69 Å². The van der Waals surface area contributed by atoms with E-state index >= 15 is 0 Å². The highest BCUT2D eigenvalue weighted by Gasteiger charge is 2.03. The van der Waals surface area contributed by atoms with Gasteiger partial charge in [-0.05, 0) is 30.5 Å². The molecule has 0 saturated heterocycles. The molecule has 5 heteroatoms. The van der Waals surface area contributed by atoms with Crippen LogP contribution in [0.25, 0.3) is 0 Å². The van der Waals surface area contributed by atoms with Crippen molar-refractivity contribution in [1.29, 1.82) is 0 Å². The van der Waals surface area contributed by atoms with Crippen LogP contribution in [0.15, 0.2) is 23.2 Å². The monoisotopic (exact) mass is 254 g/mol. The first-order valence-corrected chi connectivity index (χ1v) is 5.95. The van der Waals surface area contributed by atoms with Gasteiger partial charge in [0.05, 0.1) is 10.7 Å². The Hall–Kier alpha value is -1.26. The quantitative estimate of drug-likeness (QED) is 0.336. The summed E-state index contributed by atoms with van der Waals surface area (Å²) in [5, 5.41) is 3.71. The average Bonchev–Trinajstić information content (AvgIpc) is 2.26. The molecule has 0 fully saturated rings. The normalized spacial score (nSPS) is 11.8. The van der Waals surface area contributed by atoms with Crippen LogP contribution in [0.1, 0.15) is 19.4 Å². The van der Waals surface area contributed by atoms with Crippen molar-refractivity contribution in [1.82, 2.24) is 5.43 Å². The molecule has 0 atom stereocenters. The molecular formula is C12H19ClN4. The van der Waals surface area contributed by atoms with Crippen molar-refractivity contribution < 1.29 is 0 Å². The third-order valence-electron chi connectivity index (χ3n) is 2.13. The third-order valence-corrected chi connectivity index (χ3v) is 2.44. The molecule has 4 N–H and O–H groups in total. The Labute approximate surface area is 107 Å². The van der Waals surface area contributed by atoms with E-state index in [1.165, 1.54) is 0 Å². The van der Waals surface area contributed by atoms with Gasteiger partial charge < -0.3 is 5.32 Å². The van der Waals surface area contributed by atoms with Gasteiger partial charge in [-0.1, -0.05) is 31.5 Å². The van der Waals surface area contributed by atoms with Crippen molar-refractivity contribution in [3.63, 3.8) is 0 Å². The molecule has 0 saturated carbocycles. The van der Waals surface area contributed by atoms with Crippen LogP contribution in [0.5, 0.6) is 0 Å². The lowest BCUT2D eigenvalue weighted by molar-refractivity contribution is 0.663. The van der Waals surface area contributed by atoms with Crippen molar-refractivity contribution in [3.8, 4) is 0 Å². The standard InChI is InChI=1S/C12H19ClN4/c1-8(2)7-15-12(17-14)16-11-5-4-9(3)6-10(11)13/h4-6,8H,7,14H2,1-3H3,(H2,15,16,17). The van der Waals surface area contributed by atoms with E-state index in [4.69, 9.17) is 17.4 Å². The summed E-state index contributed by atoms with van der Waals surface area (Å²) in [6.07, 6.45) is 0. The minimum Gasteiger partial charge on any atom is -0.324 e.